The number of fused-ring (bicyclic) bond motifs is 1. The number of hydrogen-bond acceptors (Lipinski definition) is 6. The van der Waals surface area contributed by atoms with Crippen LogP contribution in [0.5, 0.6) is 0 Å². The summed E-state index contributed by atoms with van der Waals surface area (Å²) in [6.45, 7) is 1.69. The number of nitrogens with zero attached hydrogens (tertiary/aromatic N) is 5. The van der Waals surface area contributed by atoms with Crippen LogP contribution in [-0.2, 0) is 16.4 Å². The molecule has 0 saturated heterocycles. The maximum Gasteiger partial charge on any atom is 0.403 e. The number of rotatable bonds is 4. The van der Waals surface area contributed by atoms with Gasteiger partial charge in [-0.15, -0.1) is 5.10 Å². The van der Waals surface area contributed by atoms with Crippen molar-refractivity contribution in [2.24, 2.45) is 0 Å². The van der Waals surface area contributed by atoms with E-state index in [0.29, 0.717) is 15.8 Å². The van der Waals surface area contributed by atoms with Crippen molar-refractivity contribution in [3.05, 3.63) is 51.2 Å². The van der Waals surface area contributed by atoms with Gasteiger partial charge in [0.2, 0.25) is 15.6 Å². The maximum absolute atomic E-state index is 12.5. The summed E-state index contributed by atoms with van der Waals surface area (Å²) in [4.78, 5) is 19.7. The van der Waals surface area contributed by atoms with Crippen molar-refractivity contribution >= 4 is 27.2 Å². The average molecular weight is 422 g/mol. The van der Waals surface area contributed by atoms with Crippen molar-refractivity contribution in [2.75, 3.05) is 5.75 Å². The third-order valence-electron chi connectivity index (χ3n) is 3.54. The minimum Gasteiger partial charge on any atom is -0.310 e. The predicted octanol–water partition coefficient (Wildman–Crippen LogP) is 1.63. The Morgan fingerprint density at radius 2 is 1.96 bits per heavy atom. The number of aromatic nitrogens is 5. The molecule has 13 heteroatoms. The van der Waals surface area contributed by atoms with Crippen molar-refractivity contribution in [2.45, 2.75) is 24.8 Å². The second-order valence-corrected chi connectivity index (χ2v) is 7.95. The van der Waals surface area contributed by atoms with Gasteiger partial charge >= 0.3 is 6.18 Å². The molecule has 8 nitrogen and oxygen atoms in total. The molecular formula is C14H11ClF3N5O3S. The topological polar surface area (TPSA) is 99.2 Å². The van der Waals surface area contributed by atoms with Gasteiger partial charge in [0, 0.05) is 18.0 Å². The summed E-state index contributed by atoms with van der Waals surface area (Å²) in [5.74, 6) is -2.32. The third kappa shape index (κ3) is 4.11. The first-order valence-electron chi connectivity index (χ1n) is 7.33. The molecule has 27 heavy (non-hydrogen) atoms. The molecule has 0 aliphatic carbocycles. The quantitative estimate of drug-likeness (QED) is 0.594. The highest BCUT2D eigenvalue weighted by molar-refractivity contribution is 7.91. The fourth-order valence-electron chi connectivity index (χ4n) is 2.37. The summed E-state index contributed by atoms with van der Waals surface area (Å²) in [5.41, 5.74) is 0.347. The van der Waals surface area contributed by atoms with Gasteiger partial charge in [-0.25, -0.2) is 13.4 Å². The van der Waals surface area contributed by atoms with Crippen LogP contribution in [0.1, 0.15) is 11.3 Å². The highest BCUT2D eigenvalue weighted by atomic mass is 35.5. The van der Waals surface area contributed by atoms with Crippen LogP contribution < -0.4 is 5.56 Å². The van der Waals surface area contributed by atoms with Gasteiger partial charge < -0.3 is 4.57 Å². The Hall–Kier alpha value is -2.47. The van der Waals surface area contributed by atoms with Crippen LogP contribution >= 0.6 is 11.6 Å². The smallest absolute Gasteiger partial charge is 0.310 e. The molecule has 0 radical (unpaired) electrons. The Morgan fingerprint density at radius 3 is 2.56 bits per heavy atom. The molecule has 0 unspecified atom stereocenters. The van der Waals surface area contributed by atoms with E-state index < -0.39 is 32.5 Å². The number of aryl methyl sites for hydroxylation is 1. The molecular weight excluding hydrogens is 411 g/mol. The first-order valence-corrected chi connectivity index (χ1v) is 9.36. The molecule has 0 fully saturated rings. The molecule has 0 N–H and O–H groups in total. The molecule has 3 heterocycles. The highest BCUT2D eigenvalue weighted by Crippen LogP contribution is 2.21. The van der Waals surface area contributed by atoms with Gasteiger partial charge in [0.1, 0.15) is 5.15 Å². The fraction of sp³-hybridized carbons (Fsp3) is 0.286. The van der Waals surface area contributed by atoms with Crippen LogP contribution in [0.3, 0.4) is 0 Å². The average Bonchev–Trinajstić information content (AvgIpc) is 2.97. The lowest BCUT2D eigenvalue weighted by Gasteiger charge is -2.11. The Bertz CT molecular complexity index is 1170. The van der Waals surface area contributed by atoms with E-state index in [9.17, 15) is 26.4 Å². The van der Waals surface area contributed by atoms with E-state index in [-0.39, 0.29) is 17.5 Å². The molecule has 0 aromatic carbocycles. The van der Waals surface area contributed by atoms with Gasteiger partial charge in [-0.2, -0.15) is 22.7 Å². The lowest BCUT2D eigenvalue weighted by Crippen LogP contribution is -2.24. The Balaban J connectivity index is 2.14. The van der Waals surface area contributed by atoms with E-state index in [0.717, 1.165) is 0 Å². The lowest BCUT2D eigenvalue weighted by molar-refractivity contribution is -0.106. The zero-order chi connectivity index (χ0) is 20.0. The second kappa shape index (κ2) is 6.60. The summed E-state index contributed by atoms with van der Waals surface area (Å²) in [6, 6.07) is 4.36. The summed E-state index contributed by atoms with van der Waals surface area (Å²) in [7, 11) is -4.85. The zero-order valence-corrected chi connectivity index (χ0v) is 15.2. The van der Waals surface area contributed by atoms with Gasteiger partial charge in [-0.05, 0) is 18.6 Å². The van der Waals surface area contributed by atoms with Crippen molar-refractivity contribution in [1.82, 2.24) is 24.1 Å². The van der Waals surface area contributed by atoms with Crippen LogP contribution in [0.2, 0.25) is 5.15 Å². The zero-order valence-electron chi connectivity index (χ0n) is 13.6. The van der Waals surface area contributed by atoms with Crippen molar-refractivity contribution in [3.8, 4) is 0 Å². The number of hydrogen-bond donors (Lipinski definition) is 0. The fourth-order valence-corrected chi connectivity index (χ4v) is 3.47. The van der Waals surface area contributed by atoms with E-state index >= 15 is 0 Å². The van der Waals surface area contributed by atoms with Crippen LogP contribution in [-0.4, -0.2) is 44.5 Å². The molecule has 0 atom stereocenters. The lowest BCUT2D eigenvalue weighted by atomic mass is 10.3. The first kappa shape index (κ1) is 19.3. The highest BCUT2D eigenvalue weighted by Gasteiger charge is 2.38. The number of sulfone groups is 1. The van der Waals surface area contributed by atoms with Crippen LogP contribution in [0, 0.1) is 6.92 Å². The SMILES string of the molecule is Cc1cc(=O)n2nc(S(=O)(=O)CC(F)(F)F)nc2n1Cc1ccc(Cl)nc1. The summed E-state index contributed by atoms with van der Waals surface area (Å²) in [5, 5.41) is 2.68. The van der Waals surface area contributed by atoms with E-state index in [1.54, 1.807) is 13.0 Å². The summed E-state index contributed by atoms with van der Waals surface area (Å²) < 4.78 is 63.5. The predicted molar refractivity (Wildman–Crippen MR) is 88.4 cm³/mol. The molecule has 3 rings (SSSR count). The van der Waals surface area contributed by atoms with Crippen molar-refractivity contribution in [3.63, 3.8) is 0 Å². The number of halogens is 4. The first-order chi connectivity index (χ1) is 12.5. The Morgan fingerprint density at radius 1 is 1.26 bits per heavy atom. The monoisotopic (exact) mass is 421 g/mol. The molecule has 3 aromatic heterocycles. The molecule has 0 bridgehead atoms. The van der Waals surface area contributed by atoms with Gasteiger partial charge in [0.25, 0.3) is 10.7 Å². The number of alkyl halides is 3. The summed E-state index contributed by atoms with van der Waals surface area (Å²) >= 11 is 5.72. The van der Waals surface area contributed by atoms with Gasteiger partial charge in [-0.1, -0.05) is 17.7 Å². The van der Waals surface area contributed by atoms with Crippen molar-refractivity contribution in [1.29, 1.82) is 0 Å². The second-order valence-electron chi connectivity index (χ2n) is 5.68. The molecule has 0 aliphatic rings. The Kier molecular flexibility index (Phi) is 4.72. The Labute approximate surface area is 155 Å². The molecule has 3 aromatic rings. The van der Waals surface area contributed by atoms with E-state index in [1.807, 2.05) is 0 Å². The van der Waals surface area contributed by atoms with E-state index in [4.69, 9.17) is 11.6 Å². The van der Waals surface area contributed by atoms with Crippen molar-refractivity contribution < 1.29 is 21.6 Å². The van der Waals surface area contributed by atoms with Gasteiger partial charge in [0.05, 0.1) is 6.54 Å². The maximum atomic E-state index is 12.5. The molecule has 144 valence electrons. The standard InChI is InChI=1S/C14H11ClF3N5O3S/c1-8-4-11(24)23-13(22(8)6-9-2-3-10(15)19-5-9)20-12(21-23)27(25,26)7-14(16,17)18/h2-5H,6-7H2,1H3. The normalized spacial score (nSPS) is 12.6. The minimum atomic E-state index is -4.96. The molecule has 0 amide bonds. The van der Waals surface area contributed by atoms with Crippen LogP contribution in [0.25, 0.3) is 5.78 Å². The molecule has 0 saturated carbocycles. The van der Waals surface area contributed by atoms with Crippen LogP contribution in [0.15, 0.2) is 34.3 Å². The number of pyridine rings is 1. The van der Waals surface area contributed by atoms with Gasteiger partial charge in [-0.3, -0.25) is 4.79 Å². The van der Waals surface area contributed by atoms with Gasteiger partial charge in [0.15, 0.2) is 5.75 Å². The summed E-state index contributed by atoms with van der Waals surface area (Å²) in [6.07, 6.45) is -3.49. The molecule has 0 aliphatic heterocycles. The van der Waals surface area contributed by atoms with E-state index in [1.165, 1.54) is 22.9 Å². The van der Waals surface area contributed by atoms with Crippen LogP contribution in [0.4, 0.5) is 13.2 Å². The largest absolute Gasteiger partial charge is 0.403 e. The third-order valence-corrected chi connectivity index (χ3v) is 5.20. The molecule has 0 spiro atoms. The van der Waals surface area contributed by atoms with E-state index in [2.05, 4.69) is 15.1 Å². The minimum absolute atomic E-state index is 0.122.